The fourth-order valence-corrected chi connectivity index (χ4v) is 2.72. The molecular weight excluding hydrogens is 267 g/mol. The lowest BCUT2D eigenvalue weighted by atomic mass is 9.93. The van der Waals surface area contributed by atoms with E-state index in [2.05, 4.69) is 17.0 Å². The van der Waals surface area contributed by atoms with Gasteiger partial charge in [0.1, 0.15) is 5.82 Å². The SMILES string of the molecule is CCC1CN(Cc2ccc(F)c(Cl)c2)CC/C1=N\O. The third-order valence-corrected chi connectivity index (χ3v) is 3.94. The molecule has 1 aromatic carbocycles. The highest BCUT2D eigenvalue weighted by molar-refractivity contribution is 6.30. The van der Waals surface area contributed by atoms with Crippen LogP contribution in [0.3, 0.4) is 0 Å². The van der Waals surface area contributed by atoms with Gasteiger partial charge in [-0.3, -0.25) is 4.90 Å². The van der Waals surface area contributed by atoms with E-state index in [9.17, 15) is 4.39 Å². The summed E-state index contributed by atoms with van der Waals surface area (Å²) in [6, 6.07) is 4.84. The second-order valence-electron chi connectivity index (χ2n) is 4.93. The number of halogens is 2. The molecule has 1 N–H and O–H groups in total. The van der Waals surface area contributed by atoms with Crippen molar-refractivity contribution in [1.82, 2.24) is 4.90 Å². The Bertz CT molecular complexity index is 479. The molecule has 0 spiro atoms. The van der Waals surface area contributed by atoms with Gasteiger partial charge in [0.05, 0.1) is 10.7 Å². The second-order valence-corrected chi connectivity index (χ2v) is 5.34. The van der Waals surface area contributed by atoms with Crippen LogP contribution in [0.15, 0.2) is 23.4 Å². The highest BCUT2D eigenvalue weighted by atomic mass is 35.5. The summed E-state index contributed by atoms with van der Waals surface area (Å²) in [5.41, 5.74) is 1.89. The first-order valence-electron chi connectivity index (χ1n) is 6.51. The Labute approximate surface area is 117 Å². The van der Waals surface area contributed by atoms with Crippen LogP contribution in [0, 0.1) is 11.7 Å². The predicted octanol–water partition coefficient (Wildman–Crippen LogP) is 3.54. The Morgan fingerprint density at radius 2 is 2.32 bits per heavy atom. The first-order valence-corrected chi connectivity index (χ1v) is 6.89. The lowest BCUT2D eigenvalue weighted by molar-refractivity contribution is 0.220. The topological polar surface area (TPSA) is 35.8 Å². The molecule has 0 bridgehead atoms. The summed E-state index contributed by atoms with van der Waals surface area (Å²) in [4.78, 5) is 2.28. The van der Waals surface area contributed by atoms with Crippen molar-refractivity contribution in [3.05, 3.63) is 34.6 Å². The molecule has 0 radical (unpaired) electrons. The Balaban J connectivity index is 2.02. The summed E-state index contributed by atoms with van der Waals surface area (Å²) < 4.78 is 13.1. The average Bonchev–Trinajstić information content (AvgIpc) is 2.43. The molecule has 0 amide bonds. The molecule has 3 nitrogen and oxygen atoms in total. The summed E-state index contributed by atoms with van der Waals surface area (Å²) in [6.45, 7) is 4.55. The van der Waals surface area contributed by atoms with Gasteiger partial charge in [0.15, 0.2) is 0 Å². The summed E-state index contributed by atoms with van der Waals surface area (Å²) in [7, 11) is 0. The molecule has 1 heterocycles. The standard InChI is InChI=1S/C14H18ClFN2O/c1-2-11-9-18(6-5-14(11)17-19)8-10-3-4-13(16)12(15)7-10/h3-4,7,11,19H,2,5-6,8-9H2,1H3/b17-14+. The van der Waals surface area contributed by atoms with Gasteiger partial charge < -0.3 is 5.21 Å². The second kappa shape index (κ2) is 6.35. The van der Waals surface area contributed by atoms with Gasteiger partial charge in [-0.1, -0.05) is 29.7 Å². The van der Waals surface area contributed by atoms with E-state index in [4.69, 9.17) is 16.8 Å². The first-order chi connectivity index (χ1) is 9.13. The average molecular weight is 285 g/mol. The molecular formula is C14H18ClFN2O. The van der Waals surface area contributed by atoms with Crippen LogP contribution in [0.5, 0.6) is 0 Å². The van der Waals surface area contributed by atoms with E-state index >= 15 is 0 Å². The zero-order chi connectivity index (χ0) is 13.8. The van der Waals surface area contributed by atoms with Gasteiger partial charge in [-0.25, -0.2) is 4.39 Å². The molecule has 1 atom stereocenters. The zero-order valence-corrected chi connectivity index (χ0v) is 11.7. The maximum Gasteiger partial charge on any atom is 0.141 e. The number of oxime groups is 1. The van der Waals surface area contributed by atoms with Crippen molar-refractivity contribution in [2.24, 2.45) is 11.1 Å². The van der Waals surface area contributed by atoms with Crippen LogP contribution in [0.4, 0.5) is 4.39 Å². The van der Waals surface area contributed by atoms with Gasteiger partial charge >= 0.3 is 0 Å². The van der Waals surface area contributed by atoms with Gasteiger partial charge in [0.25, 0.3) is 0 Å². The summed E-state index contributed by atoms with van der Waals surface area (Å²) in [5.74, 6) is -0.0835. The third kappa shape index (κ3) is 3.45. The van der Waals surface area contributed by atoms with Crippen molar-refractivity contribution in [2.75, 3.05) is 13.1 Å². The van der Waals surface area contributed by atoms with Crippen LogP contribution in [-0.2, 0) is 6.54 Å². The normalized spacial score (nSPS) is 22.9. The van der Waals surface area contributed by atoms with E-state index in [1.54, 1.807) is 12.1 Å². The minimum atomic E-state index is -0.384. The number of benzene rings is 1. The van der Waals surface area contributed by atoms with E-state index in [0.29, 0.717) is 5.92 Å². The number of nitrogens with zero attached hydrogens (tertiary/aromatic N) is 2. The van der Waals surface area contributed by atoms with Crippen molar-refractivity contribution in [3.63, 3.8) is 0 Å². The minimum absolute atomic E-state index is 0.166. The molecule has 1 aliphatic heterocycles. The molecule has 1 aromatic rings. The van der Waals surface area contributed by atoms with Gasteiger partial charge in [-0.2, -0.15) is 0 Å². The molecule has 1 saturated heterocycles. The molecule has 2 rings (SSSR count). The molecule has 0 aromatic heterocycles. The molecule has 0 aliphatic carbocycles. The largest absolute Gasteiger partial charge is 0.411 e. The quantitative estimate of drug-likeness (QED) is 0.681. The van der Waals surface area contributed by atoms with Crippen molar-refractivity contribution in [1.29, 1.82) is 0 Å². The van der Waals surface area contributed by atoms with E-state index in [-0.39, 0.29) is 10.8 Å². The van der Waals surface area contributed by atoms with Gasteiger partial charge in [-0.05, 0) is 24.1 Å². The fourth-order valence-electron chi connectivity index (χ4n) is 2.52. The van der Waals surface area contributed by atoms with Crippen molar-refractivity contribution in [2.45, 2.75) is 26.3 Å². The monoisotopic (exact) mass is 284 g/mol. The van der Waals surface area contributed by atoms with Gasteiger partial charge in [0.2, 0.25) is 0 Å². The van der Waals surface area contributed by atoms with Crippen LogP contribution >= 0.6 is 11.6 Å². The zero-order valence-electron chi connectivity index (χ0n) is 10.9. The van der Waals surface area contributed by atoms with E-state index in [0.717, 1.165) is 43.8 Å². The summed E-state index contributed by atoms with van der Waals surface area (Å²) in [5, 5.41) is 12.5. The highest BCUT2D eigenvalue weighted by Gasteiger charge is 2.24. The number of piperidine rings is 1. The van der Waals surface area contributed by atoms with E-state index in [1.165, 1.54) is 6.07 Å². The van der Waals surface area contributed by atoms with E-state index in [1.807, 2.05) is 0 Å². The Hall–Kier alpha value is -1.13. The van der Waals surface area contributed by atoms with Crippen LogP contribution in [0.2, 0.25) is 5.02 Å². The third-order valence-electron chi connectivity index (χ3n) is 3.65. The Morgan fingerprint density at radius 3 is 2.95 bits per heavy atom. The minimum Gasteiger partial charge on any atom is -0.411 e. The number of rotatable bonds is 3. The highest BCUT2D eigenvalue weighted by Crippen LogP contribution is 2.21. The lowest BCUT2D eigenvalue weighted by Gasteiger charge is -2.32. The predicted molar refractivity (Wildman–Crippen MR) is 74.3 cm³/mol. The van der Waals surface area contributed by atoms with Gasteiger partial charge in [-0.15, -0.1) is 0 Å². The lowest BCUT2D eigenvalue weighted by Crippen LogP contribution is -2.40. The molecule has 1 fully saturated rings. The summed E-state index contributed by atoms with van der Waals surface area (Å²) >= 11 is 5.79. The molecule has 0 saturated carbocycles. The van der Waals surface area contributed by atoms with Crippen LogP contribution in [-0.4, -0.2) is 28.9 Å². The van der Waals surface area contributed by atoms with Crippen molar-refractivity contribution < 1.29 is 9.60 Å². The Kier molecular flexibility index (Phi) is 4.77. The molecule has 5 heteroatoms. The first kappa shape index (κ1) is 14.3. The van der Waals surface area contributed by atoms with Crippen molar-refractivity contribution >= 4 is 17.3 Å². The van der Waals surface area contributed by atoms with Gasteiger partial charge in [0, 0.05) is 32.0 Å². The molecule has 1 unspecified atom stereocenters. The van der Waals surface area contributed by atoms with Crippen LogP contribution in [0.25, 0.3) is 0 Å². The van der Waals surface area contributed by atoms with E-state index < -0.39 is 0 Å². The molecule has 19 heavy (non-hydrogen) atoms. The molecule has 1 aliphatic rings. The summed E-state index contributed by atoms with van der Waals surface area (Å²) in [6.07, 6.45) is 1.74. The Morgan fingerprint density at radius 1 is 1.53 bits per heavy atom. The molecule has 104 valence electrons. The number of likely N-dealkylation sites (tertiary alicyclic amines) is 1. The number of hydrogen-bond donors (Lipinski definition) is 1. The van der Waals surface area contributed by atoms with Crippen LogP contribution < -0.4 is 0 Å². The smallest absolute Gasteiger partial charge is 0.141 e. The number of hydrogen-bond acceptors (Lipinski definition) is 3. The maximum absolute atomic E-state index is 13.1. The maximum atomic E-state index is 13.1. The van der Waals surface area contributed by atoms with Crippen LogP contribution in [0.1, 0.15) is 25.3 Å². The fraction of sp³-hybridized carbons (Fsp3) is 0.500. The van der Waals surface area contributed by atoms with Crippen molar-refractivity contribution in [3.8, 4) is 0 Å².